The molecule has 0 atom stereocenters. The summed E-state index contributed by atoms with van der Waals surface area (Å²) in [4.78, 5) is 14.4. The third-order valence-electron chi connectivity index (χ3n) is 2.28. The molecule has 0 unspecified atom stereocenters. The summed E-state index contributed by atoms with van der Waals surface area (Å²) in [5.74, 6) is -1.15. The van der Waals surface area contributed by atoms with Crippen molar-refractivity contribution in [2.45, 2.75) is 6.61 Å². The predicted molar refractivity (Wildman–Crippen MR) is 56.3 cm³/mol. The molecule has 0 fully saturated rings. The summed E-state index contributed by atoms with van der Waals surface area (Å²) >= 11 is 0. The van der Waals surface area contributed by atoms with Gasteiger partial charge < -0.3 is 15.3 Å². The number of hydrogen-bond donors (Lipinski definition) is 3. The number of phenols is 1. The van der Waals surface area contributed by atoms with Crippen LogP contribution in [-0.4, -0.2) is 26.3 Å². The highest BCUT2D eigenvalue weighted by molar-refractivity contribution is 5.94. The zero-order chi connectivity index (χ0) is 11.7. The van der Waals surface area contributed by atoms with E-state index in [0.717, 1.165) is 0 Å². The van der Waals surface area contributed by atoms with Crippen LogP contribution in [0.25, 0.3) is 10.8 Å². The van der Waals surface area contributed by atoms with Gasteiger partial charge >= 0.3 is 5.97 Å². The van der Waals surface area contributed by atoms with Crippen LogP contribution in [0, 0.1) is 0 Å². The maximum Gasteiger partial charge on any atom is 0.354 e. The second-order valence-electron chi connectivity index (χ2n) is 3.37. The summed E-state index contributed by atoms with van der Waals surface area (Å²) in [6.45, 7) is -0.214. The number of aromatic carboxylic acids is 1. The van der Waals surface area contributed by atoms with Gasteiger partial charge in [0.25, 0.3) is 0 Å². The van der Waals surface area contributed by atoms with Gasteiger partial charge in [-0.1, -0.05) is 0 Å². The van der Waals surface area contributed by atoms with Crippen LogP contribution in [0.3, 0.4) is 0 Å². The number of aromatic hydroxyl groups is 1. The number of hydrogen-bond acceptors (Lipinski definition) is 4. The molecule has 0 amide bonds. The number of pyridine rings is 1. The molecule has 0 aliphatic heterocycles. The van der Waals surface area contributed by atoms with Gasteiger partial charge in [-0.15, -0.1) is 0 Å². The number of phenolic OH excluding ortho intramolecular Hbond substituents is 1. The van der Waals surface area contributed by atoms with E-state index in [9.17, 15) is 9.90 Å². The lowest BCUT2D eigenvalue weighted by molar-refractivity contribution is 0.0690. The third-order valence-corrected chi connectivity index (χ3v) is 2.28. The van der Waals surface area contributed by atoms with Gasteiger partial charge in [-0.2, -0.15) is 0 Å². The lowest BCUT2D eigenvalue weighted by Crippen LogP contribution is -1.99. The number of aromatic nitrogens is 1. The van der Waals surface area contributed by atoms with E-state index in [0.29, 0.717) is 16.3 Å². The number of rotatable bonds is 2. The highest BCUT2D eigenvalue weighted by Crippen LogP contribution is 2.26. The van der Waals surface area contributed by atoms with Crippen molar-refractivity contribution >= 4 is 16.7 Å². The first-order chi connectivity index (χ1) is 7.61. The molecule has 1 heterocycles. The second kappa shape index (κ2) is 3.79. The quantitative estimate of drug-likeness (QED) is 0.704. The van der Waals surface area contributed by atoms with Crippen molar-refractivity contribution in [3.63, 3.8) is 0 Å². The number of nitrogens with zero attached hydrogens (tertiary/aromatic N) is 1. The Morgan fingerprint density at radius 2 is 2.06 bits per heavy atom. The first kappa shape index (κ1) is 10.4. The van der Waals surface area contributed by atoms with E-state index >= 15 is 0 Å². The van der Waals surface area contributed by atoms with Crippen molar-refractivity contribution in [1.82, 2.24) is 4.98 Å². The molecule has 0 aliphatic rings. The Hall–Kier alpha value is -2.14. The number of benzene rings is 1. The lowest BCUT2D eigenvalue weighted by atomic mass is 10.1. The van der Waals surface area contributed by atoms with Crippen molar-refractivity contribution in [2.75, 3.05) is 0 Å². The molecule has 2 aromatic rings. The van der Waals surface area contributed by atoms with Crippen LogP contribution < -0.4 is 0 Å². The number of carbonyl (C=O) groups is 1. The van der Waals surface area contributed by atoms with Crippen molar-refractivity contribution in [2.24, 2.45) is 0 Å². The van der Waals surface area contributed by atoms with Gasteiger partial charge in [-0.3, -0.25) is 0 Å². The van der Waals surface area contributed by atoms with Crippen LogP contribution in [0.4, 0.5) is 0 Å². The smallest absolute Gasteiger partial charge is 0.354 e. The number of aliphatic hydroxyl groups excluding tert-OH is 1. The number of fused-ring (bicyclic) bond motifs is 1. The van der Waals surface area contributed by atoms with Gasteiger partial charge in [-0.05, 0) is 29.1 Å². The standard InChI is InChI=1S/C11H9NO4/c13-5-6-1-7-3-9(11(15)16)12-4-8(7)10(14)2-6/h1-4,13-14H,5H2,(H,15,16). The molecular weight excluding hydrogens is 210 g/mol. The van der Waals surface area contributed by atoms with Crippen LogP contribution in [-0.2, 0) is 6.61 Å². The predicted octanol–water partition coefficient (Wildman–Crippen LogP) is 1.13. The largest absolute Gasteiger partial charge is 0.507 e. The Bertz CT molecular complexity index is 565. The molecule has 5 nitrogen and oxygen atoms in total. The monoisotopic (exact) mass is 219 g/mol. The molecule has 2 rings (SSSR count). The fourth-order valence-electron chi connectivity index (χ4n) is 1.51. The second-order valence-corrected chi connectivity index (χ2v) is 3.37. The fraction of sp³-hybridized carbons (Fsp3) is 0.0909. The molecular formula is C11H9NO4. The van der Waals surface area contributed by atoms with Crippen molar-refractivity contribution in [1.29, 1.82) is 0 Å². The molecule has 0 bridgehead atoms. The first-order valence-corrected chi connectivity index (χ1v) is 4.57. The van der Waals surface area contributed by atoms with Crippen LogP contribution >= 0.6 is 0 Å². The van der Waals surface area contributed by atoms with Gasteiger partial charge in [0.1, 0.15) is 11.4 Å². The summed E-state index contributed by atoms with van der Waals surface area (Å²) < 4.78 is 0. The topological polar surface area (TPSA) is 90.7 Å². The average molecular weight is 219 g/mol. The normalized spacial score (nSPS) is 10.6. The van der Waals surface area contributed by atoms with Gasteiger partial charge in [0.15, 0.2) is 0 Å². The van der Waals surface area contributed by atoms with Gasteiger partial charge in [0, 0.05) is 11.6 Å². The molecule has 1 aromatic carbocycles. The molecule has 0 saturated carbocycles. The van der Waals surface area contributed by atoms with E-state index in [4.69, 9.17) is 10.2 Å². The Morgan fingerprint density at radius 1 is 1.31 bits per heavy atom. The molecule has 0 spiro atoms. The molecule has 0 saturated heterocycles. The van der Waals surface area contributed by atoms with E-state index < -0.39 is 5.97 Å². The summed E-state index contributed by atoms with van der Waals surface area (Å²) in [5, 5.41) is 28.3. The van der Waals surface area contributed by atoms with Crippen LogP contribution in [0.2, 0.25) is 0 Å². The minimum Gasteiger partial charge on any atom is -0.507 e. The maximum absolute atomic E-state index is 10.7. The SMILES string of the molecule is O=C(O)c1cc2cc(CO)cc(O)c2cn1. The molecule has 0 aliphatic carbocycles. The van der Waals surface area contributed by atoms with Crippen LogP contribution in [0.15, 0.2) is 24.4 Å². The Kier molecular flexibility index (Phi) is 2.46. The Balaban J connectivity index is 2.71. The van der Waals surface area contributed by atoms with Crippen LogP contribution in [0.5, 0.6) is 5.75 Å². The summed E-state index contributed by atoms with van der Waals surface area (Å²) in [6, 6.07) is 4.39. The van der Waals surface area contributed by atoms with Crippen LogP contribution in [0.1, 0.15) is 16.1 Å². The summed E-state index contributed by atoms with van der Waals surface area (Å²) in [6.07, 6.45) is 1.30. The first-order valence-electron chi connectivity index (χ1n) is 4.57. The van der Waals surface area contributed by atoms with E-state index in [1.165, 1.54) is 18.3 Å². The van der Waals surface area contributed by atoms with Crippen molar-refractivity contribution in [3.05, 3.63) is 35.7 Å². The fourth-order valence-corrected chi connectivity index (χ4v) is 1.51. The minimum absolute atomic E-state index is 0.0222. The zero-order valence-electron chi connectivity index (χ0n) is 8.21. The van der Waals surface area contributed by atoms with Crippen molar-refractivity contribution < 1.29 is 20.1 Å². The number of carboxylic acid groups (broad SMARTS) is 1. The van der Waals surface area contributed by atoms with E-state index in [1.807, 2.05) is 0 Å². The minimum atomic E-state index is -1.13. The highest BCUT2D eigenvalue weighted by atomic mass is 16.4. The molecule has 5 heteroatoms. The van der Waals surface area contributed by atoms with E-state index in [2.05, 4.69) is 4.98 Å². The van der Waals surface area contributed by atoms with Crippen molar-refractivity contribution in [3.8, 4) is 5.75 Å². The van der Waals surface area contributed by atoms with E-state index in [1.54, 1.807) is 6.07 Å². The number of carboxylic acids is 1. The molecule has 82 valence electrons. The lowest BCUT2D eigenvalue weighted by Gasteiger charge is -2.04. The summed E-state index contributed by atoms with van der Waals surface area (Å²) in [7, 11) is 0. The van der Waals surface area contributed by atoms with Gasteiger partial charge in [-0.25, -0.2) is 9.78 Å². The zero-order valence-corrected chi connectivity index (χ0v) is 8.21. The molecule has 1 aromatic heterocycles. The number of aliphatic hydroxyl groups is 1. The average Bonchev–Trinajstić information content (AvgIpc) is 2.28. The molecule has 0 radical (unpaired) electrons. The molecule has 3 N–H and O–H groups in total. The van der Waals surface area contributed by atoms with Gasteiger partial charge in [0.05, 0.1) is 6.61 Å². The third kappa shape index (κ3) is 1.68. The Morgan fingerprint density at radius 3 is 2.69 bits per heavy atom. The summed E-state index contributed by atoms with van der Waals surface area (Å²) in [5.41, 5.74) is 0.425. The maximum atomic E-state index is 10.7. The molecule has 16 heavy (non-hydrogen) atoms. The Labute approximate surface area is 90.6 Å². The van der Waals surface area contributed by atoms with Gasteiger partial charge in [0.2, 0.25) is 0 Å². The van der Waals surface area contributed by atoms with E-state index in [-0.39, 0.29) is 18.1 Å². The highest BCUT2D eigenvalue weighted by Gasteiger charge is 2.08.